The number of amides is 2. The molecule has 0 unspecified atom stereocenters. The van der Waals surface area contributed by atoms with Crippen molar-refractivity contribution in [2.75, 3.05) is 12.0 Å². The standard InChI is InChI=1S/C31H24BrNO7/c1-14(34)15-3-5-16(6-4-15)33-30(38)20-10-9-18-21(27(20)31(33)39)12-22-28(24(36)13-23(32)29(22)37)26(18)19-8-7-17(35)11-25(19)40-2/h3-9,11,13,20-21,26-27,35H,10,12H2,1-2H3/t20-,21+,26+,27-/m0/s1. The normalized spacial score (nSPS) is 25.7. The number of halogens is 1. The molecule has 0 aromatic heterocycles. The molecule has 2 aromatic rings. The number of rotatable bonds is 4. The number of carbonyl (C=O) groups is 5. The Kier molecular flexibility index (Phi) is 6.22. The summed E-state index contributed by atoms with van der Waals surface area (Å²) in [7, 11) is 1.46. The van der Waals surface area contributed by atoms with Crippen LogP contribution >= 0.6 is 15.9 Å². The number of fused-ring (bicyclic) bond motifs is 3. The number of Topliss-reactive ketones (excluding diaryl/α,β-unsaturated/α-hetero) is 2. The van der Waals surface area contributed by atoms with Gasteiger partial charge in [0.15, 0.2) is 17.3 Å². The number of phenols is 1. The second-order valence-corrected chi connectivity index (χ2v) is 11.3. The summed E-state index contributed by atoms with van der Waals surface area (Å²) in [6, 6.07) is 11.0. The van der Waals surface area contributed by atoms with Crippen molar-refractivity contribution in [2.24, 2.45) is 17.8 Å². The van der Waals surface area contributed by atoms with E-state index < -0.39 is 23.7 Å². The van der Waals surface area contributed by atoms with Crippen molar-refractivity contribution in [2.45, 2.75) is 25.7 Å². The van der Waals surface area contributed by atoms with Crippen molar-refractivity contribution in [1.82, 2.24) is 0 Å². The van der Waals surface area contributed by atoms with Gasteiger partial charge >= 0.3 is 0 Å². The molecule has 2 aromatic carbocycles. The molecule has 1 aliphatic heterocycles. The number of ether oxygens (including phenoxy) is 1. The molecule has 1 fully saturated rings. The van der Waals surface area contributed by atoms with Gasteiger partial charge in [0.2, 0.25) is 11.8 Å². The van der Waals surface area contributed by atoms with Gasteiger partial charge in [-0.15, -0.1) is 0 Å². The Morgan fingerprint density at radius 3 is 2.42 bits per heavy atom. The lowest BCUT2D eigenvalue weighted by Crippen LogP contribution is -2.39. The number of aromatic hydroxyl groups is 1. The van der Waals surface area contributed by atoms with Crippen LogP contribution in [0.5, 0.6) is 11.5 Å². The average Bonchev–Trinajstić information content (AvgIpc) is 3.20. The number of benzene rings is 2. The summed E-state index contributed by atoms with van der Waals surface area (Å²) in [6.07, 6.45) is 3.63. The first-order chi connectivity index (χ1) is 19.1. The van der Waals surface area contributed by atoms with E-state index in [0.29, 0.717) is 40.1 Å². The van der Waals surface area contributed by atoms with E-state index in [1.807, 2.05) is 6.08 Å². The van der Waals surface area contributed by atoms with Crippen molar-refractivity contribution >= 4 is 50.8 Å². The minimum Gasteiger partial charge on any atom is -0.508 e. The minimum atomic E-state index is -0.729. The maximum absolute atomic E-state index is 14.0. The van der Waals surface area contributed by atoms with Crippen LogP contribution in [0.25, 0.3) is 0 Å². The Balaban J connectivity index is 1.47. The summed E-state index contributed by atoms with van der Waals surface area (Å²) in [5.41, 5.74) is 2.87. The van der Waals surface area contributed by atoms with Gasteiger partial charge in [-0.1, -0.05) is 17.7 Å². The molecule has 40 heavy (non-hydrogen) atoms. The molecule has 2 amide bonds. The molecular formula is C31H24BrNO7. The van der Waals surface area contributed by atoms with E-state index >= 15 is 0 Å². The molecule has 1 saturated heterocycles. The fraction of sp³-hybridized carbons (Fsp3) is 0.258. The van der Waals surface area contributed by atoms with Gasteiger partial charge in [0.25, 0.3) is 0 Å². The highest BCUT2D eigenvalue weighted by atomic mass is 79.9. The highest BCUT2D eigenvalue weighted by molar-refractivity contribution is 9.12. The molecule has 1 N–H and O–H groups in total. The lowest BCUT2D eigenvalue weighted by Gasteiger charge is -2.42. The van der Waals surface area contributed by atoms with Crippen LogP contribution in [0, 0.1) is 17.8 Å². The number of ketones is 3. The van der Waals surface area contributed by atoms with Crippen LogP contribution in [0.4, 0.5) is 5.69 Å². The maximum atomic E-state index is 14.0. The van der Waals surface area contributed by atoms with Crippen molar-refractivity contribution < 1.29 is 33.8 Å². The Hall–Kier alpha value is -4.11. The van der Waals surface area contributed by atoms with Gasteiger partial charge in [-0.2, -0.15) is 0 Å². The summed E-state index contributed by atoms with van der Waals surface area (Å²) >= 11 is 3.22. The zero-order valence-corrected chi connectivity index (χ0v) is 23.2. The van der Waals surface area contributed by atoms with Gasteiger partial charge in [-0.3, -0.25) is 28.9 Å². The zero-order chi connectivity index (χ0) is 28.5. The number of imide groups is 1. The number of nitrogens with zero attached hydrogens (tertiary/aromatic N) is 1. The van der Waals surface area contributed by atoms with Gasteiger partial charge in [0, 0.05) is 40.3 Å². The van der Waals surface area contributed by atoms with Crippen molar-refractivity contribution in [3.63, 3.8) is 0 Å². The van der Waals surface area contributed by atoms with Crippen molar-refractivity contribution in [3.05, 3.63) is 86.9 Å². The van der Waals surface area contributed by atoms with Crippen LogP contribution in [-0.4, -0.2) is 41.4 Å². The van der Waals surface area contributed by atoms with E-state index in [1.165, 1.54) is 37.1 Å². The lowest BCUT2D eigenvalue weighted by molar-refractivity contribution is -0.123. The van der Waals surface area contributed by atoms with Crippen LogP contribution < -0.4 is 9.64 Å². The van der Waals surface area contributed by atoms with E-state index in [-0.39, 0.29) is 45.8 Å². The quantitative estimate of drug-likeness (QED) is 0.236. The molecule has 8 nitrogen and oxygen atoms in total. The summed E-state index contributed by atoms with van der Waals surface area (Å²) in [6.45, 7) is 1.44. The first-order valence-corrected chi connectivity index (χ1v) is 13.7. The van der Waals surface area contributed by atoms with Gasteiger partial charge in [0.05, 0.1) is 29.1 Å². The third-order valence-electron chi connectivity index (χ3n) is 8.39. The number of hydrogen-bond donors (Lipinski definition) is 1. The number of phenolic OH excluding ortho intramolecular Hbond substituents is 1. The van der Waals surface area contributed by atoms with Gasteiger partial charge in [-0.05, 0) is 71.9 Å². The molecule has 0 radical (unpaired) electrons. The van der Waals surface area contributed by atoms with Gasteiger partial charge in [-0.25, -0.2) is 0 Å². The Morgan fingerprint density at radius 1 is 1.02 bits per heavy atom. The third kappa shape index (κ3) is 3.83. The van der Waals surface area contributed by atoms with Crippen LogP contribution in [0.2, 0.25) is 0 Å². The molecule has 9 heteroatoms. The molecule has 6 rings (SSSR count). The minimum absolute atomic E-state index is 0.0171. The van der Waals surface area contributed by atoms with E-state index in [2.05, 4.69) is 15.9 Å². The number of carbonyl (C=O) groups excluding carboxylic acids is 5. The summed E-state index contributed by atoms with van der Waals surface area (Å²) < 4.78 is 5.71. The molecule has 0 spiro atoms. The Morgan fingerprint density at radius 2 is 1.75 bits per heavy atom. The Bertz CT molecular complexity index is 1630. The summed E-state index contributed by atoms with van der Waals surface area (Å²) in [4.78, 5) is 67.2. The number of hydrogen-bond acceptors (Lipinski definition) is 7. The highest BCUT2D eigenvalue weighted by Gasteiger charge is 2.56. The fourth-order valence-corrected chi connectivity index (χ4v) is 7.05. The second kappa shape index (κ2) is 9.52. The van der Waals surface area contributed by atoms with E-state index in [0.717, 1.165) is 5.57 Å². The van der Waals surface area contributed by atoms with Crippen LogP contribution in [0.3, 0.4) is 0 Å². The molecule has 4 atom stereocenters. The van der Waals surface area contributed by atoms with Gasteiger partial charge in [0.1, 0.15) is 11.5 Å². The zero-order valence-electron chi connectivity index (χ0n) is 21.6. The number of allylic oxidation sites excluding steroid dienone is 6. The topological polar surface area (TPSA) is 118 Å². The van der Waals surface area contributed by atoms with E-state index in [9.17, 15) is 29.1 Å². The number of methoxy groups -OCH3 is 1. The molecule has 1 heterocycles. The predicted octanol–water partition coefficient (Wildman–Crippen LogP) is 4.57. The number of anilines is 1. The average molecular weight is 602 g/mol. The second-order valence-electron chi connectivity index (χ2n) is 10.4. The van der Waals surface area contributed by atoms with Crippen LogP contribution in [-0.2, 0) is 19.2 Å². The maximum Gasteiger partial charge on any atom is 0.238 e. The molecule has 0 bridgehead atoms. The molecule has 3 aliphatic carbocycles. The monoisotopic (exact) mass is 601 g/mol. The smallest absolute Gasteiger partial charge is 0.238 e. The first-order valence-electron chi connectivity index (χ1n) is 12.9. The lowest BCUT2D eigenvalue weighted by atomic mass is 9.59. The van der Waals surface area contributed by atoms with Crippen molar-refractivity contribution in [1.29, 1.82) is 0 Å². The molecule has 4 aliphatic rings. The van der Waals surface area contributed by atoms with Crippen LogP contribution in [0.15, 0.2) is 75.8 Å². The third-order valence-corrected chi connectivity index (χ3v) is 8.98. The SMILES string of the molecule is COc1cc(O)ccc1[C@H]1C2=CC[C@@H]3C(=O)N(c4ccc(C(C)=O)cc4)C(=O)[C@@H]3[C@@H]2CC2=C1C(=O)C=C(Br)C2=O. The van der Waals surface area contributed by atoms with E-state index in [1.54, 1.807) is 30.3 Å². The van der Waals surface area contributed by atoms with E-state index in [4.69, 9.17) is 4.74 Å². The largest absolute Gasteiger partial charge is 0.508 e. The molecular weight excluding hydrogens is 578 g/mol. The molecule has 202 valence electrons. The van der Waals surface area contributed by atoms with Gasteiger partial charge < -0.3 is 9.84 Å². The highest BCUT2D eigenvalue weighted by Crippen LogP contribution is 2.56. The predicted molar refractivity (Wildman–Crippen MR) is 148 cm³/mol. The fourth-order valence-electron chi connectivity index (χ4n) is 6.60. The van der Waals surface area contributed by atoms with Crippen LogP contribution in [0.1, 0.15) is 41.6 Å². The Labute approximate surface area is 238 Å². The summed E-state index contributed by atoms with van der Waals surface area (Å²) in [5, 5.41) is 10.1. The molecule has 0 saturated carbocycles. The van der Waals surface area contributed by atoms with Crippen molar-refractivity contribution in [3.8, 4) is 11.5 Å². The first kappa shape index (κ1) is 26.1. The summed E-state index contributed by atoms with van der Waals surface area (Å²) in [5.74, 6) is -3.68.